The number of aromatic nitrogens is 3. The van der Waals surface area contributed by atoms with Crippen molar-refractivity contribution in [3.63, 3.8) is 0 Å². The summed E-state index contributed by atoms with van der Waals surface area (Å²) in [6.45, 7) is 1.75. The van der Waals surface area contributed by atoms with E-state index in [1.165, 1.54) is 6.07 Å². The van der Waals surface area contributed by atoms with Crippen molar-refractivity contribution in [3.05, 3.63) is 90.5 Å². The third-order valence-electron chi connectivity index (χ3n) is 5.51. The van der Waals surface area contributed by atoms with Crippen LogP contribution in [0.2, 0.25) is 0 Å². The zero-order valence-electron chi connectivity index (χ0n) is 15.5. The highest BCUT2D eigenvalue weighted by Crippen LogP contribution is 2.35. The summed E-state index contributed by atoms with van der Waals surface area (Å²) in [5, 5.41) is 0. The normalized spacial score (nSPS) is 17.4. The summed E-state index contributed by atoms with van der Waals surface area (Å²) in [6, 6.07) is 15.4. The fraction of sp³-hybridized carbons (Fsp3) is 0.217. The lowest BCUT2D eigenvalue weighted by atomic mass is 10.1. The van der Waals surface area contributed by atoms with Gasteiger partial charge < -0.3 is 4.40 Å². The van der Waals surface area contributed by atoms with Crippen molar-refractivity contribution in [1.29, 1.82) is 0 Å². The summed E-state index contributed by atoms with van der Waals surface area (Å²) in [4.78, 5) is 11.4. The van der Waals surface area contributed by atoms with Crippen molar-refractivity contribution < 1.29 is 4.39 Å². The van der Waals surface area contributed by atoms with Gasteiger partial charge >= 0.3 is 0 Å². The van der Waals surface area contributed by atoms with Crippen molar-refractivity contribution in [3.8, 4) is 11.1 Å². The van der Waals surface area contributed by atoms with Gasteiger partial charge in [-0.05, 0) is 54.8 Å². The second-order valence-electron chi connectivity index (χ2n) is 7.34. The van der Waals surface area contributed by atoms with Gasteiger partial charge in [0.2, 0.25) is 0 Å². The number of benzene rings is 1. The average molecular weight is 372 g/mol. The van der Waals surface area contributed by atoms with Crippen LogP contribution in [0.4, 0.5) is 4.39 Å². The number of likely N-dealkylation sites (tertiary alicyclic amines) is 1. The fourth-order valence-corrected chi connectivity index (χ4v) is 4.18. The molecule has 1 aliphatic rings. The number of imidazole rings is 1. The molecular formula is C23H21FN4. The Bertz CT molecular complexity index is 1110. The summed E-state index contributed by atoms with van der Waals surface area (Å²) < 4.78 is 15.7. The Morgan fingerprint density at radius 2 is 2.04 bits per heavy atom. The highest BCUT2D eigenvalue weighted by molar-refractivity contribution is 5.66. The molecule has 4 nitrogen and oxygen atoms in total. The lowest BCUT2D eigenvalue weighted by Crippen LogP contribution is -2.23. The third kappa shape index (κ3) is 3.18. The van der Waals surface area contributed by atoms with E-state index in [2.05, 4.69) is 38.7 Å². The molecule has 5 rings (SSSR count). The van der Waals surface area contributed by atoms with E-state index in [1.807, 2.05) is 24.7 Å². The number of fused-ring (bicyclic) bond motifs is 1. The highest BCUT2D eigenvalue weighted by Gasteiger charge is 2.29. The summed E-state index contributed by atoms with van der Waals surface area (Å²) in [5.41, 5.74) is 5.45. The van der Waals surface area contributed by atoms with Crippen molar-refractivity contribution in [2.75, 3.05) is 6.54 Å². The quantitative estimate of drug-likeness (QED) is 0.512. The molecule has 4 aromatic rings. The average Bonchev–Trinajstić information content (AvgIpc) is 3.34. The maximum Gasteiger partial charge on any atom is 0.123 e. The molecule has 28 heavy (non-hydrogen) atoms. The first-order valence-electron chi connectivity index (χ1n) is 9.63. The number of pyridine rings is 2. The molecule has 3 aromatic heterocycles. The van der Waals surface area contributed by atoms with E-state index in [-0.39, 0.29) is 11.9 Å². The number of hydrogen-bond acceptors (Lipinski definition) is 3. The van der Waals surface area contributed by atoms with Crippen molar-refractivity contribution in [2.45, 2.75) is 25.4 Å². The molecule has 4 heterocycles. The lowest BCUT2D eigenvalue weighted by molar-refractivity contribution is 0.246. The topological polar surface area (TPSA) is 33.4 Å². The summed E-state index contributed by atoms with van der Waals surface area (Å²) in [7, 11) is 0. The molecule has 1 fully saturated rings. The lowest BCUT2D eigenvalue weighted by Gasteiger charge is -2.23. The van der Waals surface area contributed by atoms with Gasteiger partial charge in [-0.15, -0.1) is 0 Å². The van der Waals surface area contributed by atoms with Gasteiger partial charge in [0.1, 0.15) is 5.82 Å². The predicted molar refractivity (Wildman–Crippen MR) is 107 cm³/mol. The summed E-state index contributed by atoms with van der Waals surface area (Å²) in [6.07, 6.45) is 9.86. The fourth-order valence-electron chi connectivity index (χ4n) is 4.18. The smallest absolute Gasteiger partial charge is 0.123 e. The molecule has 0 radical (unpaired) electrons. The zero-order chi connectivity index (χ0) is 18.9. The van der Waals surface area contributed by atoms with Crippen LogP contribution in [-0.4, -0.2) is 25.8 Å². The number of nitrogens with zero attached hydrogens (tertiary/aromatic N) is 4. The van der Waals surface area contributed by atoms with Crippen LogP contribution in [0.1, 0.15) is 30.1 Å². The minimum Gasteiger partial charge on any atom is -0.305 e. The van der Waals surface area contributed by atoms with Gasteiger partial charge in [0.15, 0.2) is 0 Å². The third-order valence-corrected chi connectivity index (χ3v) is 5.51. The first-order chi connectivity index (χ1) is 13.8. The van der Waals surface area contributed by atoms with Gasteiger partial charge in [0.05, 0.1) is 23.6 Å². The van der Waals surface area contributed by atoms with E-state index in [0.717, 1.165) is 53.8 Å². The molecule has 1 aliphatic heterocycles. The maximum absolute atomic E-state index is 13.6. The standard InChI is InChI=1S/C23H21FN4/c24-20-6-1-4-17(12-20)14-27-11-3-7-21(27)23-22-9-8-19(15-28(22)16-26-23)18-5-2-10-25-13-18/h1-2,4-6,8-10,12-13,15-16,21H,3,7,11,14H2. The molecule has 1 saturated heterocycles. The van der Waals surface area contributed by atoms with Crippen molar-refractivity contribution in [2.24, 2.45) is 0 Å². The monoisotopic (exact) mass is 372 g/mol. The molecule has 0 spiro atoms. The van der Waals surface area contributed by atoms with Gasteiger partial charge in [-0.1, -0.05) is 24.3 Å². The van der Waals surface area contributed by atoms with Gasteiger partial charge in [-0.3, -0.25) is 9.88 Å². The first kappa shape index (κ1) is 17.1. The molecule has 0 saturated carbocycles. The second kappa shape index (κ2) is 7.17. The molecule has 1 aromatic carbocycles. The SMILES string of the molecule is Fc1cccc(CN2CCCC2c2ncn3cc(-c4cccnc4)ccc23)c1. The summed E-state index contributed by atoms with van der Waals surface area (Å²) in [5.74, 6) is -0.177. The first-order valence-corrected chi connectivity index (χ1v) is 9.63. The van der Waals surface area contributed by atoms with E-state index in [4.69, 9.17) is 4.98 Å². The maximum atomic E-state index is 13.6. The minimum atomic E-state index is -0.177. The van der Waals surface area contributed by atoms with E-state index < -0.39 is 0 Å². The van der Waals surface area contributed by atoms with Crippen molar-refractivity contribution >= 4 is 5.52 Å². The van der Waals surface area contributed by atoms with Gasteiger partial charge in [0.25, 0.3) is 0 Å². The van der Waals surface area contributed by atoms with Gasteiger partial charge in [-0.25, -0.2) is 9.37 Å². The van der Waals surface area contributed by atoms with Crippen LogP contribution in [0.25, 0.3) is 16.6 Å². The minimum absolute atomic E-state index is 0.177. The number of hydrogen-bond donors (Lipinski definition) is 0. The van der Waals surface area contributed by atoms with Crippen LogP contribution in [0, 0.1) is 5.82 Å². The molecule has 1 atom stereocenters. The molecule has 0 aliphatic carbocycles. The highest BCUT2D eigenvalue weighted by atomic mass is 19.1. The number of rotatable bonds is 4. The summed E-state index contributed by atoms with van der Waals surface area (Å²) >= 11 is 0. The van der Waals surface area contributed by atoms with E-state index in [1.54, 1.807) is 18.3 Å². The van der Waals surface area contributed by atoms with Crippen LogP contribution in [-0.2, 0) is 6.54 Å². The van der Waals surface area contributed by atoms with E-state index in [0.29, 0.717) is 0 Å². The van der Waals surface area contributed by atoms with Crippen LogP contribution < -0.4 is 0 Å². The molecular weight excluding hydrogens is 351 g/mol. The Labute approximate surface area is 163 Å². The second-order valence-corrected chi connectivity index (χ2v) is 7.34. The Hall–Kier alpha value is -3.05. The van der Waals surface area contributed by atoms with Crippen LogP contribution in [0.3, 0.4) is 0 Å². The van der Waals surface area contributed by atoms with Gasteiger partial charge in [0, 0.05) is 30.7 Å². The number of halogens is 1. The Kier molecular flexibility index (Phi) is 4.37. The predicted octanol–water partition coefficient (Wildman–Crippen LogP) is 4.87. The van der Waals surface area contributed by atoms with Crippen LogP contribution >= 0.6 is 0 Å². The molecule has 1 unspecified atom stereocenters. The van der Waals surface area contributed by atoms with E-state index >= 15 is 0 Å². The zero-order valence-corrected chi connectivity index (χ0v) is 15.5. The van der Waals surface area contributed by atoms with Crippen LogP contribution in [0.15, 0.2) is 73.4 Å². The van der Waals surface area contributed by atoms with Gasteiger partial charge in [-0.2, -0.15) is 0 Å². The largest absolute Gasteiger partial charge is 0.305 e. The molecule has 0 N–H and O–H groups in total. The molecule has 5 heteroatoms. The van der Waals surface area contributed by atoms with E-state index in [9.17, 15) is 4.39 Å². The Balaban J connectivity index is 1.45. The van der Waals surface area contributed by atoms with Crippen LogP contribution in [0.5, 0.6) is 0 Å². The Morgan fingerprint density at radius 1 is 1.07 bits per heavy atom. The molecule has 0 bridgehead atoms. The van der Waals surface area contributed by atoms with Crippen molar-refractivity contribution in [1.82, 2.24) is 19.3 Å². The molecule has 0 amide bonds. The molecule has 140 valence electrons. The Morgan fingerprint density at radius 3 is 2.89 bits per heavy atom.